The first-order valence-corrected chi connectivity index (χ1v) is 5.95. The van der Waals surface area contributed by atoms with E-state index in [9.17, 15) is 4.79 Å². The number of anilines is 1. The molecule has 2 aromatic rings. The number of carbonyl (C=O) groups excluding carboxylic acids is 1. The van der Waals surface area contributed by atoms with Crippen molar-refractivity contribution in [1.82, 2.24) is 14.8 Å². The molecule has 0 atom stereocenters. The maximum absolute atomic E-state index is 11.4. The Morgan fingerprint density at radius 1 is 1.61 bits per heavy atom. The highest BCUT2D eigenvalue weighted by Gasteiger charge is 2.17. The largest absolute Gasteiger partial charge is 0.464 e. The summed E-state index contributed by atoms with van der Waals surface area (Å²) < 4.78 is 6.58. The van der Waals surface area contributed by atoms with Gasteiger partial charge in [-0.3, -0.25) is 0 Å². The number of pyridine rings is 1. The Labute approximate surface area is 116 Å². The van der Waals surface area contributed by atoms with Crippen molar-refractivity contribution in [2.45, 2.75) is 0 Å². The minimum Gasteiger partial charge on any atom is -0.464 e. The second kappa shape index (κ2) is 4.95. The Morgan fingerprint density at radius 3 is 2.94 bits per heavy atom. The summed E-state index contributed by atoms with van der Waals surface area (Å²) in [5.41, 5.74) is 5.94. The van der Waals surface area contributed by atoms with E-state index in [0.29, 0.717) is 15.3 Å². The molecule has 2 aromatic heterocycles. The number of hydrogen-bond donors (Lipinski definition) is 1. The molecule has 2 N–H and O–H groups in total. The van der Waals surface area contributed by atoms with Crippen molar-refractivity contribution in [3.05, 3.63) is 33.6 Å². The molecule has 0 radical (unpaired) electrons. The van der Waals surface area contributed by atoms with Crippen molar-refractivity contribution in [3.63, 3.8) is 0 Å². The van der Waals surface area contributed by atoms with E-state index in [0.717, 1.165) is 0 Å². The number of methoxy groups -OCH3 is 1. The van der Waals surface area contributed by atoms with Crippen LogP contribution in [0.3, 0.4) is 0 Å². The molecule has 0 fully saturated rings. The van der Waals surface area contributed by atoms with Crippen molar-refractivity contribution < 1.29 is 9.53 Å². The molecule has 0 saturated heterocycles. The summed E-state index contributed by atoms with van der Waals surface area (Å²) in [7, 11) is 1.26. The average Bonchev–Trinajstić information content (AvgIpc) is 2.70. The van der Waals surface area contributed by atoms with Crippen LogP contribution in [0.25, 0.3) is 5.82 Å². The van der Waals surface area contributed by atoms with Crippen LogP contribution in [0.5, 0.6) is 0 Å². The van der Waals surface area contributed by atoms with Crippen LogP contribution in [0.2, 0.25) is 5.02 Å². The summed E-state index contributed by atoms with van der Waals surface area (Å²) in [5.74, 6) is -0.127. The van der Waals surface area contributed by atoms with Crippen LogP contribution >= 0.6 is 27.5 Å². The van der Waals surface area contributed by atoms with Gasteiger partial charge in [0.05, 0.1) is 28.5 Å². The lowest BCUT2D eigenvalue weighted by atomic mass is 10.4. The van der Waals surface area contributed by atoms with Crippen molar-refractivity contribution >= 4 is 39.2 Å². The molecule has 2 rings (SSSR count). The van der Waals surface area contributed by atoms with Crippen LogP contribution in [-0.2, 0) is 4.74 Å². The second-order valence-electron chi connectivity index (χ2n) is 3.33. The van der Waals surface area contributed by atoms with E-state index < -0.39 is 5.97 Å². The van der Waals surface area contributed by atoms with E-state index in [1.54, 1.807) is 6.07 Å². The molecule has 94 valence electrons. The van der Waals surface area contributed by atoms with Gasteiger partial charge in [-0.05, 0) is 22.0 Å². The molecule has 18 heavy (non-hydrogen) atoms. The summed E-state index contributed by atoms with van der Waals surface area (Å²) in [6, 6.07) is 1.67. The Morgan fingerprint density at radius 2 is 2.33 bits per heavy atom. The molecule has 6 nitrogen and oxygen atoms in total. The molecule has 0 bridgehead atoms. The highest BCUT2D eigenvalue weighted by molar-refractivity contribution is 9.10. The van der Waals surface area contributed by atoms with Crippen LogP contribution in [0.1, 0.15) is 10.5 Å². The van der Waals surface area contributed by atoms with Gasteiger partial charge in [0, 0.05) is 6.20 Å². The topological polar surface area (TPSA) is 83.0 Å². The molecule has 0 aliphatic carbocycles. The number of nitrogens with two attached hydrogens (primary N) is 1. The first-order valence-electron chi connectivity index (χ1n) is 4.78. The van der Waals surface area contributed by atoms with Gasteiger partial charge < -0.3 is 10.5 Å². The van der Waals surface area contributed by atoms with Gasteiger partial charge in [0.15, 0.2) is 11.5 Å². The van der Waals surface area contributed by atoms with Crippen molar-refractivity contribution in [3.8, 4) is 5.82 Å². The fourth-order valence-electron chi connectivity index (χ4n) is 1.33. The number of carbonyl (C=O) groups is 1. The molecule has 8 heteroatoms. The van der Waals surface area contributed by atoms with Crippen LogP contribution in [0.4, 0.5) is 5.69 Å². The Bertz CT molecular complexity index is 614. The van der Waals surface area contributed by atoms with Crippen molar-refractivity contribution in [2.75, 3.05) is 12.8 Å². The smallest absolute Gasteiger partial charge is 0.360 e. The zero-order valence-corrected chi connectivity index (χ0v) is 11.6. The van der Waals surface area contributed by atoms with Crippen LogP contribution in [0.15, 0.2) is 22.9 Å². The first-order chi connectivity index (χ1) is 8.52. The fourth-order valence-corrected chi connectivity index (χ4v) is 2.15. The van der Waals surface area contributed by atoms with E-state index in [1.807, 2.05) is 0 Å². The van der Waals surface area contributed by atoms with Crippen LogP contribution in [0, 0.1) is 0 Å². The normalized spacial score (nSPS) is 10.4. The third-order valence-corrected chi connectivity index (χ3v) is 2.92. The predicted molar refractivity (Wildman–Crippen MR) is 69.8 cm³/mol. The van der Waals surface area contributed by atoms with Gasteiger partial charge in [0.25, 0.3) is 0 Å². The standard InChI is InChI=1S/C10H8BrClN4O2/c1-18-10(17)8-7(13)4-16(15-8)9-6(11)2-5(12)3-14-9/h2-4H,13H2,1H3. The van der Waals surface area contributed by atoms with E-state index in [2.05, 4.69) is 30.7 Å². The molecule has 0 aromatic carbocycles. The Hall–Kier alpha value is -1.60. The van der Waals surface area contributed by atoms with Gasteiger partial charge >= 0.3 is 5.97 Å². The summed E-state index contributed by atoms with van der Waals surface area (Å²) in [5, 5.41) is 4.51. The monoisotopic (exact) mass is 330 g/mol. The lowest BCUT2D eigenvalue weighted by Gasteiger charge is -2.02. The number of aromatic nitrogens is 3. The Balaban J connectivity index is 2.49. The van der Waals surface area contributed by atoms with Crippen LogP contribution < -0.4 is 5.73 Å². The van der Waals surface area contributed by atoms with Crippen LogP contribution in [-0.4, -0.2) is 27.8 Å². The molecular weight excluding hydrogens is 323 g/mol. The number of ether oxygens (including phenoxy) is 1. The highest BCUT2D eigenvalue weighted by Crippen LogP contribution is 2.23. The zero-order valence-electron chi connectivity index (χ0n) is 9.22. The summed E-state index contributed by atoms with van der Waals surface area (Å²) in [6.45, 7) is 0. The maximum Gasteiger partial charge on any atom is 0.360 e. The number of halogens is 2. The molecule has 0 spiro atoms. The van der Waals surface area contributed by atoms with Gasteiger partial charge in [0.2, 0.25) is 0 Å². The number of nitrogens with zero attached hydrogens (tertiary/aromatic N) is 3. The third kappa shape index (κ3) is 2.32. The number of nitrogen functional groups attached to an aromatic ring is 1. The third-order valence-electron chi connectivity index (χ3n) is 2.13. The van der Waals surface area contributed by atoms with Gasteiger partial charge in [-0.15, -0.1) is 0 Å². The van der Waals surface area contributed by atoms with E-state index in [1.165, 1.54) is 24.2 Å². The lowest BCUT2D eigenvalue weighted by Crippen LogP contribution is -2.06. The second-order valence-corrected chi connectivity index (χ2v) is 4.62. The predicted octanol–water partition coefficient (Wildman–Crippen LogP) is 2.05. The average molecular weight is 332 g/mol. The molecule has 2 heterocycles. The van der Waals surface area contributed by atoms with E-state index in [4.69, 9.17) is 17.3 Å². The van der Waals surface area contributed by atoms with Gasteiger partial charge in [0.1, 0.15) is 0 Å². The van der Waals surface area contributed by atoms with Gasteiger partial charge in [-0.2, -0.15) is 5.10 Å². The van der Waals surface area contributed by atoms with Gasteiger partial charge in [-0.1, -0.05) is 11.6 Å². The quantitative estimate of drug-likeness (QED) is 0.852. The molecule has 0 amide bonds. The molecular formula is C10H8BrClN4O2. The Kier molecular flexibility index (Phi) is 3.53. The lowest BCUT2D eigenvalue weighted by molar-refractivity contribution is 0.0594. The molecule has 0 aliphatic heterocycles. The van der Waals surface area contributed by atoms with Gasteiger partial charge in [-0.25, -0.2) is 14.5 Å². The minimum absolute atomic E-state index is 0.0427. The minimum atomic E-state index is -0.601. The number of rotatable bonds is 2. The van der Waals surface area contributed by atoms with Crippen molar-refractivity contribution in [2.24, 2.45) is 0 Å². The SMILES string of the molecule is COC(=O)c1nn(-c2ncc(Cl)cc2Br)cc1N. The maximum atomic E-state index is 11.4. The fraction of sp³-hybridized carbons (Fsp3) is 0.100. The highest BCUT2D eigenvalue weighted by atomic mass is 79.9. The summed E-state index contributed by atoms with van der Waals surface area (Å²) >= 11 is 9.10. The van der Waals surface area contributed by atoms with Crippen molar-refractivity contribution in [1.29, 1.82) is 0 Å². The van der Waals surface area contributed by atoms with E-state index >= 15 is 0 Å². The molecule has 0 saturated carbocycles. The number of hydrogen-bond acceptors (Lipinski definition) is 5. The first kappa shape index (κ1) is 12.8. The molecule has 0 aliphatic rings. The zero-order chi connectivity index (χ0) is 13.3. The number of esters is 1. The summed E-state index contributed by atoms with van der Waals surface area (Å²) in [6.07, 6.45) is 2.95. The molecule has 0 unspecified atom stereocenters. The van der Waals surface area contributed by atoms with E-state index in [-0.39, 0.29) is 11.4 Å². The summed E-state index contributed by atoms with van der Waals surface area (Å²) in [4.78, 5) is 15.5.